The highest BCUT2D eigenvalue weighted by Gasteiger charge is 2.12. The Morgan fingerprint density at radius 2 is 2.06 bits per heavy atom. The Bertz CT molecular complexity index is 470. The van der Waals surface area contributed by atoms with Crippen LogP contribution >= 0.6 is 22.9 Å². The lowest BCUT2D eigenvalue weighted by atomic mass is 10.0. The van der Waals surface area contributed by atoms with E-state index in [-0.39, 0.29) is 0 Å². The molecule has 2 aromatic heterocycles. The maximum absolute atomic E-state index is 6.16. The highest BCUT2D eigenvalue weighted by atomic mass is 35.5. The van der Waals surface area contributed by atoms with E-state index >= 15 is 0 Å². The molecule has 0 aromatic carbocycles. The van der Waals surface area contributed by atoms with Crippen molar-refractivity contribution >= 4 is 22.9 Å². The third kappa shape index (κ3) is 3.80. The van der Waals surface area contributed by atoms with Gasteiger partial charge in [-0.05, 0) is 48.5 Å². The molecule has 0 saturated heterocycles. The first kappa shape index (κ1) is 13.5. The van der Waals surface area contributed by atoms with E-state index in [0.717, 1.165) is 24.4 Å². The van der Waals surface area contributed by atoms with Crippen LogP contribution in [0, 0.1) is 0 Å². The fourth-order valence-corrected chi connectivity index (χ4v) is 3.20. The van der Waals surface area contributed by atoms with E-state index in [1.165, 1.54) is 10.4 Å². The van der Waals surface area contributed by atoms with Crippen LogP contribution in [0.4, 0.5) is 0 Å². The smallest absolute Gasteiger partial charge is 0.0545 e. The monoisotopic (exact) mass is 280 g/mol. The molecule has 0 aliphatic heterocycles. The van der Waals surface area contributed by atoms with E-state index in [1.54, 1.807) is 11.3 Å². The highest BCUT2D eigenvalue weighted by Crippen LogP contribution is 2.24. The number of nitrogens with one attached hydrogen (secondary N) is 1. The summed E-state index contributed by atoms with van der Waals surface area (Å²) < 4.78 is 0. The fourth-order valence-electron chi connectivity index (χ4n) is 2.00. The van der Waals surface area contributed by atoms with Crippen LogP contribution in [-0.4, -0.2) is 17.6 Å². The average molecular weight is 281 g/mol. The molecule has 0 saturated carbocycles. The number of hydrogen-bond donors (Lipinski definition) is 1. The number of aromatic nitrogens is 1. The van der Waals surface area contributed by atoms with Crippen molar-refractivity contribution in [2.75, 3.05) is 6.54 Å². The van der Waals surface area contributed by atoms with E-state index in [2.05, 4.69) is 29.4 Å². The second-order valence-electron chi connectivity index (χ2n) is 4.21. The third-order valence-electron chi connectivity index (χ3n) is 2.85. The standard InChI is InChI=1S/C14H17ClN2S/c1-2-17-12(9-11-3-6-16-7-4-11)10-14-13(15)5-8-18-14/h3-8,12,17H,2,9-10H2,1H3. The predicted octanol–water partition coefficient (Wildman–Crippen LogP) is 3.56. The molecule has 0 aliphatic rings. The van der Waals surface area contributed by atoms with Crippen molar-refractivity contribution in [1.29, 1.82) is 0 Å². The maximum Gasteiger partial charge on any atom is 0.0545 e. The normalized spacial score (nSPS) is 12.6. The summed E-state index contributed by atoms with van der Waals surface area (Å²) in [6.45, 7) is 3.11. The van der Waals surface area contributed by atoms with Crippen molar-refractivity contribution in [2.24, 2.45) is 0 Å². The molecule has 0 amide bonds. The summed E-state index contributed by atoms with van der Waals surface area (Å²) in [5.41, 5.74) is 1.31. The molecule has 0 radical (unpaired) electrons. The Balaban J connectivity index is 2.02. The third-order valence-corrected chi connectivity index (χ3v) is 4.26. The summed E-state index contributed by atoms with van der Waals surface area (Å²) in [7, 11) is 0. The molecule has 2 aromatic rings. The Labute approximate surface area is 117 Å². The minimum atomic E-state index is 0.425. The van der Waals surface area contributed by atoms with Crippen LogP contribution in [-0.2, 0) is 12.8 Å². The first-order valence-corrected chi connectivity index (χ1v) is 7.39. The summed E-state index contributed by atoms with van der Waals surface area (Å²) in [6, 6.07) is 6.53. The van der Waals surface area contributed by atoms with E-state index in [0.29, 0.717) is 6.04 Å². The van der Waals surface area contributed by atoms with Crippen molar-refractivity contribution in [1.82, 2.24) is 10.3 Å². The minimum absolute atomic E-state index is 0.425. The zero-order valence-corrected chi connectivity index (χ0v) is 12.0. The molecular weight excluding hydrogens is 264 g/mol. The molecule has 2 nitrogen and oxygen atoms in total. The number of likely N-dealkylation sites (N-methyl/N-ethyl adjacent to an activating group) is 1. The Morgan fingerprint density at radius 1 is 1.28 bits per heavy atom. The molecule has 1 unspecified atom stereocenters. The fraction of sp³-hybridized carbons (Fsp3) is 0.357. The van der Waals surface area contributed by atoms with Crippen LogP contribution in [0.15, 0.2) is 36.0 Å². The van der Waals surface area contributed by atoms with Gasteiger partial charge >= 0.3 is 0 Å². The van der Waals surface area contributed by atoms with Crippen molar-refractivity contribution < 1.29 is 0 Å². The molecule has 96 valence electrons. The van der Waals surface area contributed by atoms with Gasteiger partial charge in [0.2, 0.25) is 0 Å². The SMILES string of the molecule is CCNC(Cc1ccncc1)Cc1sccc1Cl. The quantitative estimate of drug-likeness (QED) is 0.875. The largest absolute Gasteiger partial charge is 0.314 e. The molecular formula is C14H17ClN2S. The van der Waals surface area contributed by atoms with Crippen LogP contribution < -0.4 is 5.32 Å². The predicted molar refractivity (Wildman–Crippen MR) is 78.4 cm³/mol. The lowest BCUT2D eigenvalue weighted by Gasteiger charge is -2.17. The summed E-state index contributed by atoms with van der Waals surface area (Å²) in [5.74, 6) is 0. The van der Waals surface area contributed by atoms with Gasteiger partial charge in [-0.2, -0.15) is 0 Å². The number of nitrogens with zero attached hydrogens (tertiary/aromatic N) is 1. The summed E-state index contributed by atoms with van der Waals surface area (Å²) in [5, 5.41) is 6.46. The van der Waals surface area contributed by atoms with Crippen molar-refractivity contribution in [3.63, 3.8) is 0 Å². The van der Waals surface area contributed by atoms with Crippen LogP contribution in [0.25, 0.3) is 0 Å². The van der Waals surface area contributed by atoms with Crippen molar-refractivity contribution in [2.45, 2.75) is 25.8 Å². The van der Waals surface area contributed by atoms with Gasteiger partial charge in [0.15, 0.2) is 0 Å². The number of halogens is 1. The second-order valence-corrected chi connectivity index (χ2v) is 5.62. The van der Waals surface area contributed by atoms with Gasteiger partial charge < -0.3 is 5.32 Å². The minimum Gasteiger partial charge on any atom is -0.314 e. The van der Waals surface area contributed by atoms with Gasteiger partial charge in [0.25, 0.3) is 0 Å². The molecule has 0 spiro atoms. The Morgan fingerprint density at radius 3 is 2.67 bits per heavy atom. The summed E-state index contributed by atoms with van der Waals surface area (Å²) in [6.07, 6.45) is 5.67. The van der Waals surface area contributed by atoms with Gasteiger partial charge in [-0.3, -0.25) is 4.98 Å². The molecule has 1 atom stereocenters. The Kier molecular flexibility index (Phi) is 5.17. The molecule has 0 bridgehead atoms. The van der Waals surface area contributed by atoms with Crippen LogP contribution in [0.3, 0.4) is 0 Å². The summed E-state index contributed by atoms with van der Waals surface area (Å²) >= 11 is 7.89. The van der Waals surface area contributed by atoms with Crippen LogP contribution in [0.2, 0.25) is 5.02 Å². The highest BCUT2D eigenvalue weighted by molar-refractivity contribution is 7.10. The number of thiophene rings is 1. The molecule has 18 heavy (non-hydrogen) atoms. The van der Waals surface area contributed by atoms with Crippen molar-refractivity contribution in [3.8, 4) is 0 Å². The molecule has 0 aliphatic carbocycles. The van der Waals surface area contributed by atoms with Gasteiger partial charge in [-0.1, -0.05) is 18.5 Å². The van der Waals surface area contributed by atoms with Crippen LogP contribution in [0.5, 0.6) is 0 Å². The van der Waals surface area contributed by atoms with Gasteiger partial charge in [-0.25, -0.2) is 0 Å². The zero-order chi connectivity index (χ0) is 12.8. The van der Waals surface area contributed by atoms with Gasteiger partial charge in [0, 0.05) is 23.3 Å². The second kappa shape index (κ2) is 6.88. The molecule has 1 N–H and O–H groups in total. The maximum atomic E-state index is 6.16. The lowest BCUT2D eigenvalue weighted by Crippen LogP contribution is -2.32. The van der Waals surface area contributed by atoms with E-state index in [4.69, 9.17) is 11.6 Å². The average Bonchev–Trinajstić information content (AvgIpc) is 2.77. The Hall–Kier alpha value is -0.900. The number of pyridine rings is 1. The first-order valence-electron chi connectivity index (χ1n) is 6.13. The lowest BCUT2D eigenvalue weighted by molar-refractivity contribution is 0.524. The molecule has 2 heterocycles. The van der Waals surface area contributed by atoms with E-state index in [9.17, 15) is 0 Å². The van der Waals surface area contributed by atoms with Gasteiger partial charge in [0.1, 0.15) is 0 Å². The van der Waals surface area contributed by atoms with Crippen molar-refractivity contribution in [3.05, 3.63) is 51.4 Å². The summed E-state index contributed by atoms with van der Waals surface area (Å²) in [4.78, 5) is 5.31. The first-order chi connectivity index (χ1) is 8.79. The molecule has 2 rings (SSSR count). The number of hydrogen-bond acceptors (Lipinski definition) is 3. The van der Waals surface area contributed by atoms with E-state index in [1.807, 2.05) is 23.8 Å². The van der Waals surface area contributed by atoms with Gasteiger partial charge in [0.05, 0.1) is 5.02 Å². The number of rotatable bonds is 6. The molecule has 0 fully saturated rings. The topological polar surface area (TPSA) is 24.9 Å². The molecule has 4 heteroatoms. The van der Waals surface area contributed by atoms with Crippen LogP contribution in [0.1, 0.15) is 17.4 Å². The van der Waals surface area contributed by atoms with Gasteiger partial charge in [-0.15, -0.1) is 11.3 Å². The van der Waals surface area contributed by atoms with E-state index < -0.39 is 0 Å². The zero-order valence-electron chi connectivity index (χ0n) is 10.4.